The second-order valence-electron chi connectivity index (χ2n) is 7.89. The van der Waals surface area contributed by atoms with Crippen LogP contribution in [0.4, 0.5) is 28.4 Å². The Morgan fingerprint density at radius 3 is 1.78 bits per heavy atom. The fraction of sp³-hybridized carbons (Fsp3) is 0.0741. The van der Waals surface area contributed by atoms with Gasteiger partial charge in [-0.1, -0.05) is 53.9 Å². The van der Waals surface area contributed by atoms with E-state index < -0.39 is 0 Å². The maximum Gasteiger partial charge on any atom is 0.0642 e. The zero-order chi connectivity index (χ0) is 21.7. The predicted octanol–water partition coefficient (Wildman–Crippen LogP) is 7.90. The van der Waals surface area contributed by atoms with Gasteiger partial charge in [-0.05, 0) is 60.2 Å². The molecule has 2 aliphatic heterocycles. The number of benzene rings is 4. The molecule has 0 spiro atoms. The van der Waals surface area contributed by atoms with Crippen molar-refractivity contribution in [3.05, 3.63) is 90.5 Å². The number of para-hydroxylation sites is 2. The van der Waals surface area contributed by atoms with E-state index in [0.29, 0.717) is 0 Å². The van der Waals surface area contributed by atoms with Crippen LogP contribution in [0, 0.1) is 0 Å². The molecule has 2 heterocycles. The first kappa shape index (κ1) is 19.5. The van der Waals surface area contributed by atoms with Crippen molar-refractivity contribution >= 4 is 58.2 Å². The lowest BCUT2D eigenvalue weighted by molar-refractivity contribution is 1.11. The van der Waals surface area contributed by atoms with E-state index in [0.717, 1.165) is 11.3 Å². The van der Waals surface area contributed by atoms with Gasteiger partial charge in [0.1, 0.15) is 0 Å². The molecule has 0 amide bonds. The summed E-state index contributed by atoms with van der Waals surface area (Å²) in [6.45, 7) is 0. The number of aliphatic imine (C=N–C) groups is 1. The van der Waals surface area contributed by atoms with Gasteiger partial charge in [0.15, 0.2) is 0 Å². The zero-order valence-electron chi connectivity index (χ0n) is 17.8. The van der Waals surface area contributed by atoms with Crippen LogP contribution in [-0.4, -0.2) is 20.3 Å². The van der Waals surface area contributed by atoms with Crippen molar-refractivity contribution in [3.63, 3.8) is 0 Å². The average molecular weight is 452 g/mol. The summed E-state index contributed by atoms with van der Waals surface area (Å²) in [6.07, 6.45) is 1.97. The minimum Gasteiger partial charge on any atom is -0.343 e. The number of fused-ring (bicyclic) bond motifs is 4. The van der Waals surface area contributed by atoms with E-state index >= 15 is 0 Å². The largest absolute Gasteiger partial charge is 0.343 e. The molecule has 0 saturated carbocycles. The summed E-state index contributed by atoms with van der Waals surface area (Å²) in [5.41, 5.74) is 7.04. The maximum absolute atomic E-state index is 4.80. The lowest BCUT2D eigenvalue weighted by Crippen LogP contribution is -2.14. The van der Waals surface area contributed by atoms with Crippen LogP contribution in [0.3, 0.4) is 0 Å². The second kappa shape index (κ2) is 7.76. The maximum atomic E-state index is 4.80. The third kappa shape index (κ3) is 3.29. The van der Waals surface area contributed by atoms with Crippen LogP contribution in [-0.2, 0) is 0 Å². The van der Waals surface area contributed by atoms with Gasteiger partial charge in [-0.3, -0.25) is 4.99 Å². The van der Waals surface area contributed by atoms with Gasteiger partial charge in [0, 0.05) is 39.9 Å². The van der Waals surface area contributed by atoms with Crippen molar-refractivity contribution in [1.29, 1.82) is 0 Å². The first-order chi connectivity index (χ1) is 15.7. The SMILES string of the molecule is CN1c2ccccc2Sc2cc(C=Nc3ccc4c(c3)Sc3ccccc3N4C)ccc21. The highest BCUT2D eigenvalue weighted by Crippen LogP contribution is 2.49. The Balaban J connectivity index is 1.28. The van der Waals surface area contributed by atoms with E-state index in [9.17, 15) is 0 Å². The summed E-state index contributed by atoms with van der Waals surface area (Å²) in [5.74, 6) is 0. The van der Waals surface area contributed by atoms with E-state index in [-0.39, 0.29) is 0 Å². The van der Waals surface area contributed by atoms with Crippen molar-refractivity contribution in [3.8, 4) is 0 Å². The van der Waals surface area contributed by atoms with Crippen molar-refractivity contribution in [2.75, 3.05) is 23.9 Å². The Morgan fingerprint density at radius 2 is 1.12 bits per heavy atom. The van der Waals surface area contributed by atoms with Crippen LogP contribution in [0.5, 0.6) is 0 Å². The Labute approximate surface area is 196 Å². The average Bonchev–Trinajstić information content (AvgIpc) is 2.83. The topological polar surface area (TPSA) is 18.8 Å². The molecule has 6 rings (SSSR count). The summed E-state index contributed by atoms with van der Waals surface area (Å²) in [4.78, 5) is 14.4. The van der Waals surface area contributed by atoms with E-state index in [2.05, 4.69) is 109 Å². The minimum atomic E-state index is 0.969. The monoisotopic (exact) mass is 451 g/mol. The number of hydrogen-bond donors (Lipinski definition) is 0. The lowest BCUT2D eigenvalue weighted by atomic mass is 10.2. The standard InChI is InChI=1S/C27H21N3S2/c1-29-20-7-3-5-9-24(20)31-26-15-18(11-13-22(26)29)17-28-19-12-14-23-27(16-19)32-25-10-6-4-8-21(25)30(23)2/h3-17H,1-2H3. The molecule has 3 nitrogen and oxygen atoms in total. The van der Waals surface area contributed by atoms with Crippen molar-refractivity contribution in [2.45, 2.75) is 19.6 Å². The first-order valence-electron chi connectivity index (χ1n) is 10.5. The summed E-state index contributed by atoms with van der Waals surface area (Å²) < 4.78 is 0. The summed E-state index contributed by atoms with van der Waals surface area (Å²) >= 11 is 3.63. The van der Waals surface area contributed by atoms with Crippen LogP contribution in [0.2, 0.25) is 0 Å². The van der Waals surface area contributed by atoms with Gasteiger partial charge < -0.3 is 9.80 Å². The first-order valence-corrected chi connectivity index (χ1v) is 12.1. The zero-order valence-corrected chi connectivity index (χ0v) is 19.5. The van der Waals surface area contributed by atoms with E-state index in [1.54, 1.807) is 0 Å². The van der Waals surface area contributed by atoms with Crippen LogP contribution >= 0.6 is 23.5 Å². The van der Waals surface area contributed by atoms with Gasteiger partial charge in [0.2, 0.25) is 0 Å². The minimum absolute atomic E-state index is 0.969. The number of rotatable bonds is 2. The summed E-state index contributed by atoms with van der Waals surface area (Å²) in [5, 5.41) is 0. The highest BCUT2D eigenvalue weighted by atomic mass is 32.2. The third-order valence-electron chi connectivity index (χ3n) is 5.91. The molecule has 5 heteroatoms. The van der Waals surface area contributed by atoms with Gasteiger partial charge >= 0.3 is 0 Å². The molecule has 0 aromatic heterocycles. The quantitative estimate of drug-likeness (QED) is 0.288. The highest BCUT2D eigenvalue weighted by Gasteiger charge is 2.21. The summed E-state index contributed by atoms with van der Waals surface area (Å²) in [6, 6.07) is 30.1. The summed E-state index contributed by atoms with van der Waals surface area (Å²) in [7, 11) is 4.26. The molecular formula is C27H21N3S2. The smallest absolute Gasteiger partial charge is 0.0642 e. The van der Waals surface area contributed by atoms with Gasteiger partial charge in [-0.15, -0.1) is 0 Å². The molecule has 2 aliphatic rings. The Morgan fingerprint density at radius 1 is 0.594 bits per heavy atom. The molecule has 0 bridgehead atoms. The molecule has 156 valence electrons. The van der Waals surface area contributed by atoms with E-state index in [4.69, 9.17) is 4.99 Å². The number of hydrogen-bond acceptors (Lipinski definition) is 5. The molecular weight excluding hydrogens is 430 g/mol. The van der Waals surface area contributed by atoms with Crippen LogP contribution < -0.4 is 9.80 Å². The molecule has 4 aromatic carbocycles. The highest BCUT2D eigenvalue weighted by molar-refractivity contribution is 8.00. The van der Waals surface area contributed by atoms with Gasteiger partial charge in [0.05, 0.1) is 28.4 Å². The van der Waals surface area contributed by atoms with Gasteiger partial charge in [-0.25, -0.2) is 0 Å². The molecule has 4 aromatic rings. The van der Waals surface area contributed by atoms with Crippen molar-refractivity contribution in [2.24, 2.45) is 4.99 Å². The van der Waals surface area contributed by atoms with Crippen LogP contribution in [0.15, 0.2) is 110 Å². The molecule has 0 fully saturated rings. The molecule has 32 heavy (non-hydrogen) atoms. The fourth-order valence-corrected chi connectivity index (χ4v) is 6.58. The van der Waals surface area contributed by atoms with Crippen LogP contribution in [0.1, 0.15) is 5.56 Å². The van der Waals surface area contributed by atoms with E-state index in [1.807, 2.05) is 29.7 Å². The molecule has 0 unspecified atom stereocenters. The van der Waals surface area contributed by atoms with Gasteiger partial charge in [-0.2, -0.15) is 0 Å². The third-order valence-corrected chi connectivity index (χ3v) is 8.13. The molecule has 0 N–H and O–H groups in total. The van der Waals surface area contributed by atoms with Crippen molar-refractivity contribution < 1.29 is 0 Å². The Hall–Kier alpha value is -3.15. The Kier molecular flexibility index (Phi) is 4.74. The Bertz CT molecular complexity index is 1270. The molecule has 0 aliphatic carbocycles. The lowest BCUT2D eigenvalue weighted by Gasteiger charge is -2.29. The van der Waals surface area contributed by atoms with Crippen LogP contribution in [0.25, 0.3) is 0 Å². The van der Waals surface area contributed by atoms with Crippen molar-refractivity contribution in [1.82, 2.24) is 0 Å². The van der Waals surface area contributed by atoms with Gasteiger partial charge in [0.25, 0.3) is 0 Å². The molecule has 0 radical (unpaired) electrons. The normalized spacial score (nSPS) is 14.1. The number of nitrogens with zero attached hydrogens (tertiary/aromatic N) is 3. The molecule has 0 atom stereocenters. The second-order valence-corrected chi connectivity index (χ2v) is 10.1. The van der Waals surface area contributed by atoms with E-state index in [1.165, 1.54) is 42.3 Å². The molecule has 0 saturated heterocycles. The fourth-order valence-electron chi connectivity index (χ4n) is 4.20. The number of anilines is 4. The predicted molar refractivity (Wildman–Crippen MR) is 137 cm³/mol.